The predicted molar refractivity (Wildman–Crippen MR) is 67.6 cm³/mol. The normalized spacial score (nSPS) is 21.9. The third kappa shape index (κ3) is 5.25. The van der Waals surface area contributed by atoms with E-state index < -0.39 is 0 Å². The Hall–Kier alpha value is -0.160. The lowest BCUT2D eigenvalue weighted by Gasteiger charge is -2.23. The second kappa shape index (κ2) is 8.01. The number of hydrogen-bond acceptors (Lipinski definition) is 4. The van der Waals surface area contributed by atoms with E-state index in [9.17, 15) is 0 Å². The lowest BCUT2D eigenvalue weighted by molar-refractivity contribution is 0.148. The van der Waals surface area contributed by atoms with Gasteiger partial charge in [-0.3, -0.25) is 4.90 Å². The van der Waals surface area contributed by atoms with Gasteiger partial charge in [-0.2, -0.15) is 0 Å². The van der Waals surface area contributed by atoms with Crippen molar-refractivity contribution in [2.45, 2.75) is 13.3 Å². The fraction of sp³-hybridized carbons (Fsp3) is 1.00. The first kappa shape index (κ1) is 13.9. The summed E-state index contributed by atoms with van der Waals surface area (Å²) in [6.07, 6.45) is 1.26. The molecule has 96 valence electrons. The summed E-state index contributed by atoms with van der Waals surface area (Å²) in [6.45, 7) is 10.8. The van der Waals surface area contributed by atoms with E-state index in [1.807, 2.05) is 0 Å². The van der Waals surface area contributed by atoms with E-state index in [1.54, 1.807) is 7.11 Å². The summed E-state index contributed by atoms with van der Waals surface area (Å²) in [5.74, 6) is 0.616. The summed E-state index contributed by atoms with van der Waals surface area (Å²) < 4.78 is 5.12. The highest BCUT2D eigenvalue weighted by atomic mass is 16.5. The third-order valence-corrected chi connectivity index (χ3v) is 3.27. The van der Waals surface area contributed by atoms with Crippen molar-refractivity contribution in [3.8, 4) is 0 Å². The van der Waals surface area contributed by atoms with Gasteiger partial charge in [-0.1, -0.05) is 6.92 Å². The SMILES string of the molecule is COCCN1CCCN(CC(C)CN)CC1. The molecule has 1 aliphatic rings. The molecular formula is C12H27N3O. The number of nitrogens with zero attached hydrogens (tertiary/aromatic N) is 2. The van der Waals surface area contributed by atoms with Crippen LogP contribution in [0.2, 0.25) is 0 Å². The van der Waals surface area contributed by atoms with Crippen LogP contribution in [0.15, 0.2) is 0 Å². The third-order valence-electron chi connectivity index (χ3n) is 3.27. The highest BCUT2D eigenvalue weighted by Gasteiger charge is 2.15. The first-order valence-corrected chi connectivity index (χ1v) is 6.40. The summed E-state index contributed by atoms with van der Waals surface area (Å²) in [5, 5.41) is 0. The molecular weight excluding hydrogens is 202 g/mol. The van der Waals surface area contributed by atoms with Crippen molar-refractivity contribution in [1.29, 1.82) is 0 Å². The Morgan fingerprint density at radius 2 is 1.88 bits per heavy atom. The van der Waals surface area contributed by atoms with E-state index in [0.717, 1.165) is 26.2 Å². The van der Waals surface area contributed by atoms with E-state index in [1.165, 1.54) is 32.6 Å². The molecule has 1 aliphatic heterocycles. The molecule has 1 fully saturated rings. The van der Waals surface area contributed by atoms with Crippen LogP contribution in [-0.4, -0.2) is 69.3 Å². The van der Waals surface area contributed by atoms with Crippen molar-refractivity contribution in [3.63, 3.8) is 0 Å². The number of hydrogen-bond donors (Lipinski definition) is 1. The highest BCUT2D eigenvalue weighted by molar-refractivity contribution is 4.71. The van der Waals surface area contributed by atoms with Gasteiger partial charge < -0.3 is 15.4 Å². The van der Waals surface area contributed by atoms with Gasteiger partial charge in [-0.15, -0.1) is 0 Å². The lowest BCUT2D eigenvalue weighted by Crippen LogP contribution is -2.35. The molecule has 0 aromatic carbocycles. The maximum absolute atomic E-state index is 5.67. The maximum Gasteiger partial charge on any atom is 0.0589 e. The van der Waals surface area contributed by atoms with Crippen LogP contribution < -0.4 is 5.73 Å². The van der Waals surface area contributed by atoms with E-state index in [4.69, 9.17) is 10.5 Å². The average Bonchev–Trinajstić information content (AvgIpc) is 2.52. The Labute approximate surface area is 99.7 Å². The van der Waals surface area contributed by atoms with Gasteiger partial charge in [0.1, 0.15) is 0 Å². The van der Waals surface area contributed by atoms with E-state index in [0.29, 0.717) is 5.92 Å². The van der Waals surface area contributed by atoms with Crippen molar-refractivity contribution in [2.24, 2.45) is 11.7 Å². The molecule has 0 spiro atoms. The van der Waals surface area contributed by atoms with Crippen molar-refractivity contribution < 1.29 is 4.74 Å². The Balaban J connectivity index is 2.23. The van der Waals surface area contributed by atoms with Gasteiger partial charge in [0.2, 0.25) is 0 Å². The molecule has 0 aliphatic carbocycles. The van der Waals surface area contributed by atoms with Crippen LogP contribution in [0.4, 0.5) is 0 Å². The molecule has 0 radical (unpaired) electrons. The van der Waals surface area contributed by atoms with Gasteiger partial charge >= 0.3 is 0 Å². The van der Waals surface area contributed by atoms with Crippen molar-refractivity contribution >= 4 is 0 Å². The number of rotatable bonds is 6. The minimum absolute atomic E-state index is 0.616. The molecule has 1 heterocycles. The van der Waals surface area contributed by atoms with Gasteiger partial charge in [0.05, 0.1) is 6.61 Å². The first-order valence-electron chi connectivity index (χ1n) is 6.40. The van der Waals surface area contributed by atoms with Crippen molar-refractivity contribution in [2.75, 3.05) is 59.5 Å². The number of nitrogens with two attached hydrogens (primary N) is 1. The van der Waals surface area contributed by atoms with Crippen LogP contribution in [0.5, 0.6) is 0 Å². The van der Waals surface area contributed by atoms with Crippen LogP contribution >= 0.6 is 0 Å². The molecule has 1 saturated heterocycles. The van der Waals surface area contributed by atoms with Gasteiger partial charge in [0, 0.05) is 33.3 Å². The smallest absolute Gasteiger partial charge is 0.0589 e. The zero-order valence-corrected chi connectivity index (χ0v) is 10.8. The Morgan fingerprint density at radius 1 is 1.19 bits per heavy atom. The van der Waals surface area contributed by atoms with E-state index >= 15 is 0 Å². The predicted octanol–water partition coefficient (Wildman–Crippen LogP) is 0.235. The van der Waals surface area contributed by atoms with Gasteiger partial charge in [-0.05, 0) is 32.0 Å². The zero-order chi connectivity index (χ0) is 11.8. The second-order valence-electron chi connectivity index (χ2n) is 4.83. The molecule has 4 nitrogen and oxygen atoms in total. The fourth-order valence-electron chi connectivity index (χ4n) is 2.17. The van der Waals surface area contributed by atoms with Crippen LogP contribution in [-0.2, 0) is 4.74 Å². The minimum atomic E-state index is 0.616. The van der Waals surface area contributed by atoms with Crippen LogP contribution in [0.1, 0.15) is 13.3 Å². The summed E-state index contributed by atoms with van der Waals surface area (Å²) in [5.41, 5.74) is 5.67. The summed E-state index contributed by atoms with van der Waals surface area (Å²) in [6, 6.07) is 0. The Kier molecular flexibility index (Phi) is 6.96. The van der Waals surface area contributed by atoms with E-state index in [2.05, 4.69) is 16.7 Å². The molecule has 16 heavy (non-hydrogen) atoms. The largest absolute Gasteiger partial charge is 0.383 e. The fourth-order valence-corrected chi connectivity index (χ4v) is 2.17. The molecule has 1 unspecified atom stereocenters. The molecule has 0 amide bonds. The first-order chi connectivity index (χ1) is 7.76. The molecule has 1 rings (SSSR count). The number of ether oxygens (including phenoxy) is 1. The monoisotopic (exact) mass is 229 g/mol. The summed E-state index contributed by atoms with van der Waals surface area (Å²) in [7, 11) is 1.77. The van der Waals surface area contributed by atoms with Gasteiger partial charge in [-0.25, -0.2) is 0 Å². The van der Waals surface area contributed by atoms with Crippen molar-refractivity contribution in [3.05, 3.63) is 0 Å². The van der Waals surface area contributed by atoms with Crippen LogP contribution in [0.25, 0.3) is 0 Å². The molecule has 4 heteroatoms. The summed E-state index contributed by atoms with van der Waals surface area (Å²) in [4.78, 5) is 5.04. The standard InChI is InChI=1S/C12H27N3O/c1-12(10-13)11-15-5-3-4-14(6-7-15)8-9-16-2/h12H,3-11,13H2,1-2H3. The molecule has 0 aromatic heterocycles. The lowest BCUT2D eigenvalue weighted by atomic mass is 10.1. The molecule has 1 atom stereocenters. The quantitative estimate of drug-likeness (QED) is 0.708. The molecule has 0 bridgehead atoms. The zero-order valence-electron chi connectivity index (χ0n) is 10.8. The average molecular weight is 229 g/mol. The second-order valence-corrected chi connectivity index (χ2v) is 4.83. The summed E-state index contributed by atoms with van der Waals surface area (Å²) >= 11 is 0. The van der Waals surface area contributed by atoms with Gasteiger partial charge in [0.15, 0.2) is 0 Å². The Bertz CT molecular complexity index is 178. The van der Waals surface area contributed by atoms with Crippen LogP contribution in [0, 0.1) is 5.92 Å². The van der Waals surface area contributed by atoms with E-state index in [-0.39, 0.29) is 0 Å². The maximum atomic E-state index is 5.67. The van der Waals surface area contributed by atoms with Crippen molar-refractivity contribution in [1.82, 2.24) is 9.80 Å². The molecule has 0 aromatic rings. The molecule has 2 N–H and O–H groups in total. The highest BCUT2D eigenvalue weighted by Crippen LogP contribution is 2.05. The molecule has 0 saturated carbocycles. The minimum Gasteiger partial charge on any atom is -0.383 e. The van der Waals surface area contributed by atoms with Gasteiger partial charge in [0.25, 0.3) is 0 Å². The topological polar surface area (TPSA) is 41.7 Å². The van der Waals surface area contributed by atoms with Crippen LogP contribution in [0.3, 0.4) is 0 Å². The number of methoxy groups -OCH3 is 1. The Morgan fingerprint density at radius 3 is 2.56 bits per heavy atom.